The van der Waals surface area contributed by atoms with Crippen LogP contribution in [0.15, 0.2) is 169 Å². The maximum atomic E-state index is 9.52. The third-order valence-corrected chi connectivity index (χ3v) is 6.99. The predicted molar refractivity (Wildman–Crippen MR) is 186 cm³/mol. The maximum absolute atomic E-state index is 9.52. The smallest absolute Gasteiger partial charge is 0.0645 e. The first-order valence-corrected chi connectivity index (χ1v) is 12.8. The van der Waals surface area contributed by atoms with Crippen LogP contribution in [0.1, 0.15) is 38.4 Å². The van der Waals surface area contributed by atoms with E-state index in [4.69, 9.17) is 24.7 Å². The Bertz CT molecular complexity index is 3990. The average Bonchev–Trinajstić information content (AvgIpc) is 3.88. The van der Waals surface area contributed by atoms with Crippen LogP contribution in [-0.4, -0.2) is 9.13 Å². The van der Waals surface area contributed by atoms with E-state index < -0.39 is 246 Å². The van der Waals surface area contributed by atoms with E-state index in [1.165, 1.54) is 0 Å². The van der Waals surface area contributed by atoms with Gasteiger partial charge >= 0.3 is 0 Å². The van der Waals surface area contributed by atoms with E-state index in [-0.39, 0.29) is 0 Å². The molecule has 206 valence electrons. The molecule has 0 N–H and O–H groups in total. The van der Waals surface area contributed by atoms with Gasteiger partial charge in [-0.1, -0.05) is 121 Å². The van der Waals surface area contributed by atoms with Gasteiger partial charge in [0.1, 0.15) is 0 Å². The van der Waals surface area contributed by atoms with Crippen LogP contribution >= 0.6 is 0 Å². The molecule has 0 atom stereocenters. The van der Waals surface area contributed by atoms with Crippen molar-refractivity contribution in [3.63, 3.8) is 0 Å². The van der Waals surface area contributed by atoms with E-state index in [1.54, 1.807) is 0 Å². The Morgan fingerprint density at radius 3 is 1.27 bits per heavy atom. The van der Waals surface area contributed by atoms with Crippen LogP contribution in [0.25, 0.3) is 77.2 Å². The molecule has 0 aliphatic rings. The SMILES string of the molecule is [2H]c1c([2H])c([2H])c(-c2c([2H])c([2H])c(-n3c4c([2H])c([2H])c([2H])c([2H])c4c4c(-c5c([2H])c([2H])c([2H])c6c5c5c([2H])c([2H])c([2H])c([2H])c5n6-c5c([2H])c([2H])c([2H])c([2H])c5[2H])c([2H])c([2H])c([2H])c43)c([2H])c2[2H])c([2H])c1[2H]. The summed E-state index contributed by atoms with van der Waals surface area (Å²) in [5.74, 6) is 0. The van der Waals surface area contributed by atoms with Crippen molar-refractivity contribution in [3.8, 4) is 33.6 Å². The predicted octanol–water partition coefficient (Wildman–Crippen LogP) is 11.2. The molecule has 2 heterocycles. The van der Waals surface area contributed by atoms with Gasteiger partial charge in [0, 0.05) is 32.9 Å². The van der Waals surface area contributed by atoms with Gasteiger partial charge in [0.25, 0.3) is 0 Å². The zero-order valence-electron chi connectivity index (χ0n) is 49.9. The third-order valence-electron chi connectivity index (χ3n) is 6.99. The Balaban J connectivity index is 1.60. The van der Waals surface area contributed by atoms with Gasteiger partial charge in [0.2, 0.25) is 0 Å². The Labute approximate surface area is 295 Å². The molecule has 0 amide bonds. The van der Waals surface area contributed by atoms with Gasteiger partial charge in [-0.2, -0.15) is 0 Å². The van der Waals surface area contributed by atoms with E-state index in [1.807, 2.05) is 0 Å². The number of benzene rings is 7. The molecular formula is C42H28N2. The highest BCUT2D eigenvalue weighted by molar-refractivity contribution is 6.22. The van der Waals surface area contributed by atoms with Crippen molar-refractivity contribution >= 4 is 43.6 Å². The van der Waals surface area contributed by atoms with Crippen LogP contribution < -0.4 is 0 Å². The molecule has 7 aromatic carbocycles. The number of fused-ring (bicyclic) bond motifs is 6. The van der Waals surface area contributed by atoms with Crippen molar-refractivity contribution in [2.45, 2.75) is 0 Å². The normalized spacial score (nSPS) is 20.5. The minimum atomic E-state index is -1.07. The lowest BCUT2D eigenvalue weighted by atomic mass is 9.95. The van der Waals surface area contributed by atoms with Crippen LogP contribution in [0.2, 0.25) is 0 Å². The molecule has 2 nitrogen and oxygen atoms in total. The largest absolute Gasteiger partial charge is 0.309 e. The number of para-hydroxylation sites is 3. The van der Waals surface area contributed by atoms with E-state index in [2.05, 4.69) is 0 Å². The Morgan fingerprint density at radius 2 is 0.727 bits per heavy atom. The fraction of sp³-hybridized carbons (Fsp3) is 0. The number of rotatable bonds is 4. The molecular weight excluding hydrogens is 532 g/mol. The summed E-state index contributed by atoms with van der Waals surface area (Å²) < 4.78 is 251. The minimum Gasteiger partial charge on any atom is -0.309 e. The average molecular weight is 589 g/mol. The van der Waals surface area contributed by atoms with E-state index in [0.29, 0.717) is 4.57 Å². The Hall–Kier alpha value is -5.86. The number of hydrogen-bond acceptors (Lipinski definition) is 0. The first-order chi connectivity index (χ1) is 33.5. The molecule has 9 rings (SSSR count). The molecule has 9 aromatic rings. The molecule has 0 fully saturated rings. The van der Waals surface area contributed by atoms with Crippen molar-refractivity contribution in [2.24, 2.45) is 0 Å². The maximum Gasteiger partial charge on any atom is 0.0645 e. The fourth-order valence-corrected chi connectivity index (χ4v) is 5.24. The van der Waals surface area contributed by atoms with Crippen molar-refractivity contribution in [3.05, 3.63) is 169 Å². The number of aromatic nitrogens is 2. The monoisotopic (exact) mass is 588 g/mol. The summed E-state index contributed by atoms with van der Waals surface area (Å²) in [6.07, 6.45) is 0. The minimum absolute atomic E-state index is 0.609. The Morgan fingerprint density at radius 1 is 0.318 bits per heavy atom. The quantitative estimate of drug-likeness (QED) is 0.193. The van der Waals surface area contributed by atoms with Gasteiger partial charge < -0.3 is 9.13 Å². The third kappa shape index (κ3) is 3.68. The van der Waals surface area contributed by atoms with Crippen LogP contribution in [0, 0.1) is 0 Å². The number of nitrogens with zero attached hydrogens (tertiary/aromatic N) is 2. The molecule has 0 spiro atoms. The van der Waals surface area contributed by atoms with Gasteiger partial charge in [0.05, 0.1) is 60.4 Å². The fourth-order valence-electron chi connectivity index (χ4n) is 5.24. The standard InChI is InChI=1S/C42H28N2/c1-3-13-29(14-4-1)30-25-27-32(28-26-30)44-38-22-10-8-18-36(38)42-34(20-12-24-40(42)44)33-19-11-23-39-41(33)35-17-7-9-21-37(35)43(39)31-15-5-2-6-16-31/h1-28H/i1D,2D,3D,4D,5D,6D,7D,8D,9D,10D,11D,12D,13D,14D,15D,16D,17D,18D,19D,20D,21D,22D,23D,24D,25D,26D,27D,28D. The molecule has 0 saturated carbocycles. The summed E-state index contributed by atoms with van der Waals surface area (Å²) in [5, 5.41) is -2.52. The van der Waals surface area contributed by atoms with Crippen molar-refractivity contribution in [2.75, 3.05) is 0 Å². The van der Waals surface area contributed by atoms with Gasteiger partial charge in [-0.3, -0.25) is 0 Å². The van der Waals surface area contributed by atoms with E-state index >= 15 is 0 Å². The summed E-state index contributed by atoms with van der Waals surface area (Å²) in [6, 6.07) is -26.7. The summed E-state index contributed by atoms with van der Waals surface area (Å²) in [5.41, 5.74) is -7.47. The zero-order chi connectivity index (χ0) is 53.4. The van der Waals surface area contributed by atoms with Crippen LogP contribution in [0.5, 0.6) is 0 Å². The second-order valence-electron chi connectivity index (χ2n) is 9.26. The molecule has 0 unspecified atom stereocenters. The summed E-state index contributed by atoms with van der Waals surface area (Å²) >= 11 is 0. The van der Waals surface area contributed by atoms with Crippen LogP contribution in [0.3, 0.4) is 0 Å². The highest BCUT2D eigenvalue weighted by Gasteiger charge is 2.20. The highest BCUT2D eigenvalue weighted by atomic mass is 15.0. The summed E-state index contributed by atoms with van der Waals surface area (Å²) in [7, 11) is 0. The lowest BCUT2D eigenvalue weighted by Crippen LogP contribution is -1.94. The summed E-state index contributed by atoms with van der Waals surface area (Å²) in [6.45, 7) is 0. The number of hydrogen-bond donors (Lipinski definition) is 0. The molecule has 0 radical (unpaired) electrons. The van der Waals surface area contributed by atoms with Gasteiger partial charge in [-0.05, 0) is 70.6 Å². The lowest BCUT2D eigenvalue weighted by molar-refractivity contribution is 1.18. The van der Waals surface area contributed by atoms with Gasteiger partial charge in [-0.15, -0.1) is 0 Å². The van der Waals surface area contributed by atoms with Gasteiger partial charge in [-0.25, -0.2) is 0 Å². The van der Waals surface area contributed by atoms with Crippen molar-refractivity contribution < 1.29 is 38.4 Å². The highest BCUT2D eigenvalue weighted by Crippen LogP contribution is 2.43. The lowest BCUT2D eigenvalue weighted by Gasteiger charge is -2.11. The molecule has 2 aromatic heterocycles. The topological polar surface area (TPSA) is 9.86 Å². The molecule has 44 heavy (non-hydrogen) atoms. The molecule has 0 bridgehead atoms. The molecule has 0 saturated heterocycles. The molecule has 0 aliphatic carbocycles. The van der Waals surface area contributed by atoms with E-state index in [0.717, 1.165) is 4.57 Å². The molecule has 0 aliphatic heterocycles. The van der Waals surface area contributed by atoms with Crippen LogP contribution in [0.4, 0.5) is 0 Å². The first-order valence-electron chi connectivity index (χ1n) is 26.8. The van der Waals surface area contributed by atoms with E-state index in [9.17, 15) is 13.7 Å². The first kappa shape index (κ1) is 9.57. The molecule has 2 heteroatoms. The van der Waals surface area contributed by atoms with Gasteiger partial charge in [0.15, 0.2) is 0 Å². The van der Waals surface area contributed by atoms with Crippen LogP contribution in [-0.2, 0) is 0 Å². The second kappa shape index (κ2) is 9.86. The second-order valence-corrected chi connectivity index (χ2v) is 9.26. The Kier molecular flexibility index (Phi) is 2.14. The summed E-state index contributed by atoms with van der Waals surface area (Å²) in [4.78, 5) is 0. The van der Waals surface area contributed by atoms with Crippen molar-refractivity contribution in [1.29, 1.82) is 0 Å². The van der Waals surface area contributed by atoms with Crippen molar-refractivity contribution in [1.82, 2.24) is 9.13 Å². The zero-order valence-corrected chi connectivity index (χ0v) is 21.9.